The van der Waals surface area contributed by atoms with E-state index in [9.17, 15) is 9.59 Å². The van der Waals surface area contributed by atoms with Crippen LogP contribution in [0, 0.1) is 0 Å². The lowest BCUT2D eigenvalue weighted by atomic mass is 10.2. The van der Waals surface area contributed by atoms with E-state index in [4.69, 9.17) is 4.74 Å². The van der Waals surface area contributed by atoms with Gasteiger partial charge in [0.25, 0.3) is 0 Å². The summed E-state index contributed by atoms with van der Waals surface area (Å²) in [6, 6.07) is -0.0174. The summed E-state index contributed by atoms with van der Waals surface area (Å²) in [4.78, 5) is 24.7. The van der Waals surface area contributed by atoms with Crippen LogP contribution in [0.15, 0.2) is 12.7 Å². The lowest BCUT2D eigenvalue weighted by Crippen LogP contribution is -2.44. The Balaban J connectivity index is 4.69. The maximum Gasteiger partial charge on any atom is 0.411 e. The van der Waals surface area contributed by atoms with Crippen LogP contribution in [0.25, 0.3) is 0 Å². The molecule has 5 nitrogen and oxygen atoms in total. The second-order valence-corrected chi connectivity index (χ2v) is 4.16. The summed E-state index contributed by atoms with van der Waals surface area (Å²) in [6.45, 7) is 10.9. The van der Waals surface area contributed by atoms with Gasteiger partial charge in [-0.25, -0.2) is 9.59 Å². The topological polar surface area (TPSA) is 55.8 Å². The first-order valence-electron chi connectivity index (χ1n) is 5.54. The van der Waals surface area contributed by atoms with Crippen LogP contribution in [0.4, 0.5) is 4.79 Å². The molecule has 1 unspecified atom stereocenters. The predicted molar refractivity (Wildman–Crippen MR) is 64.6 cm³/mol. The van der Waals surface area contributed by atoms with Crippen LogP contribution in [0.1, 0.15) is 27.7 Å². The highest BCUT2D eigenvalue weighted by Gasteiger charge is 2.27. The fourth-order valence-corrected chi connectivity index (χ4v) is 1.50. The second-order valence-electron chi connectivity index (χ2n) is 4.16. The van der Waals surface area contributed by atoms with Gasteiger partial charge in [0, 0.05) is 12.1 Å². The molecule has 0 bridgehead atoms. The van der Waals surface area contributed by atoms with Gasteiger partial charge in [-0.1, -0.05) is 6.58 Å². The van der Waals surface area contributed by atoms with Gasteiger partial charge in [-0.2, -0.15) is 0 Å². The Morgan fingerprint density at radius 3 is 1.94 bits per heavy atom. The van der Waals surface area contributed by atoms with Crippen LogP contribution in [0.3, 0.4) is 0 Å². The Bertz CT molecular complexity index is 278. The molecule has 0 N–H and O–H groups in total. The molecule has 17 heavy (non-hydrogen) atoms. The monoisotopic (exact) mass is 243 g/mol. The molecular weight excluding hydrogens is 222 g/mol. The quantitative estimate of drug-likeness (QED) is 0.547. The van der Waals surface area contributed by atoms with Crippen molar-refractivity contribution < 1.29 is 19.1 Å². The summed E-state index contributed by atoms with van der Waals surface area (Å²) < 4.78 is 9.53. The largest absolute Gasteiger partial charge is 0.466 e. The lowest BCUT2D eigenvalue weighted by Gasteiger charge is -2.30. The van der Waals surface area contributed by atoms with Crippen LogP contribution < -0.4 is 0 Å². The highest BCUT2D eigenvalue weighted by Crippen LogP contribution is 2.10. The normalized spacial score (nSPS) is 12.2. The maximum absolute atomic E-state index is 11.9. The number of methoxy groups -OCH3 is 1. The van der Waals surface area contributed by atoms with Crippen LogP contribution in [-0.4, -0.2) is 42.3 Å². The highest BCUT2D eigenvalue weighted by molar-refractivity contribution is 5.80. The number of ether oxygens (including phenoxy) is 2. The zero-order valence-electron chi connectivity index (χ0n) is 11.1. The van der Waals surface area contributed by atoms with Crippen molar-refractivity contribution in [1.29, 1.82) is 0 Å². The third-order valence-corrected chi connectivity index (χ3v) is 2.20. The number of esters is 1. The molecule has 0 aliphatic heterocycles. The third kappa shape index (κ3) is 4.46. The zero-order chi connectivity index (χ0) is 13.6. The van der Waals surface area contributed by atoms with Crippen LogP contribution in [0.2, 0.25) is 0 Å². The maximum atomic E-state index is 11.9. The average molecular weight is 243 g/mol. The van der Waals surface area contributed by atoms with Crippen LogP contribution in [-0.2, 0) is 14.3 Å². The molecule has 0 aliphatic rings. The fourth-order valence-electron chi connectivity index (χ4n) is 1.50. The number of hydrogen-bond donors (Lipinski definition) is 0. The molecule has 0 spiro atoms. The van der Waals surface area contributed by atoms with Crippen molar-refractivity contribution >= 4 is 12.1 Å². The van der Waals surface area contributed by atoms with Crippen molar-refractivity contribution in [3.8, 4) is 0 Å². The Labute approximate surface area is 102 Å². The summed E-state index contributed by atoms with van der Waals surface area (Å²) >= 11 is 0. The smallest absolute Gasteiger partial charge is 0.411 e. The Morgan fingerprint density at radius 1 is 1.18 bits per heavy atom. The molecule has 0 aromatic heterocycles. The number of hydrogen-bond acceptors (Lipinski definition) is 4. The average Bonchev–Trinajstić information content (AvgIpc) is 2.23. The molecule has 0 saturated heterocycles. The summed E-state index contributed by atoms with van der Waals surface area (Å²) in [5.41, 5.74) is 0. The van der Waals surface area contributed by atoms with Gasteiger partial charge in [0.15, 0.2) is 0 Å². The summed E-state index contributed by atoms with van der Waals surface area (Å²) in [6.07, 6.45) is -0.374. The Morgan fingerprint density at radius 2 is 1.65 bits per heavy atom. The Hall–Kier alpha value is -1.52. The second kappa shape index (κ2) is 6.93. The minimum atomic E-state index is -1.06. The molecule has 0 radical (unpaired) electrons. The molecule has 98 valence electrons. The minimum Gasteiger partial charge on any atom is -0.466 e. The molecule has 0 saturated carbocycles. The highest BCUT2D eigenvalue weighted by atomic mass is 16.6. The van der Waals surface area contributed by atoms with Gasteiger partial charge in [-0.3, -0.25) is 0 Å². The molecule has 0 aromatic carbocycles. The Kier molecular flexibility index (Phi) is 6.31. The van der Waals surface area contributed by atoms with Gasteiger partial charge in [-0.15, -0.1) is 0 Å². The first kappa shape index (κ1) is 15.5. The van der Waals surface area contributed by atoms with Crippen molar-refractivity contribution in [3.63, 3.8) is 0 Å². The van der Waals surface area contributed by atoms with E-state index in [1.807, 2.05) is 27.7 Å². The number of nitrogens with zero attached hydrogens (tertiary/aromatic N) is 1. The number of rotatable bonds is 5. The predicted octanol–water partition coefficient (Wildman–Crippen LogP) is 1.97. The van der Waals surface area contributed by atoms with Gasteiger partial charge in [0.1, 0.15) is 0 Å². The SMILES string of the molecule is C=CC(OC(=O)N(C(C)C)C(C)C)C(=O)OC. The van der Waals surface area contributed by atoms with Crippen molar-refractivity contribution in [1.82, 2.24) is 4.90 Å². The fraction of sp³-hybridized carbons (Fsp3) is 0.667. The zero-order valence-corrected chi connectivity index (χ0v) is 11.1. The van der Waals surface area contributed by atoms with E-state index in [0.717, 1.165) is 0 Å². The molecule has 0 aromatic rings. The van der Waals surface area contributed by atoms with E-state index in [1.165, 1.54) is 13.2 Å². The number of amides is 1. The molecule has 1 amide bonds. The first-order valence-corrected chi connectivity index (χ1v) is 5.54. The molecule has 0 fully saturated rings. The van der Waals surface area contributed by atoms with Gasteiger partial charge in [0.2, 0.25) is 6.10 Å². The van der Waals surface area contributed by atoms with Gasteiger partial charge in [-0.05, 0) is 33.8 Å². The molecule has 5 heteroatoms. The molecule has 1 atom stereocenters. The number of carbonyl (C=O) groups excluding carboxylic acids is 2. The first-order chi connectivity index (χ1) is 7.84. The van der Waals surface area contributed by atoms with Crippen LogP contribution >= 0.6 is 0 Å². The van der Waals surface area contributed by atoms with E-state index >= 15 is 0 Å². The third-order valence-electron chi connectivity index (χ3n) is 2.20. The van der Waals surface area contributed by atoms with Gasteiger partial charge < -0.3 is 14.4 Å². The minimum absolute atomic E-state index is 0.00869. The van der Waals surface area contributed by atoms with E-state index in [2.05, 4.69) is 11.3 Å². The van der Waals surface area contributed by atoms with E-state index in [-0.39, 0.29) is 12.1 Å². The van der Waals surface area contributed by atoms with Gasteiger partial charge in [0.05, 0.1) is 7.11 Å². The molecule has 0 rings (SSSR count). The van der Waals surface area contributed by atoms with Crippen LogP contribution in [0.5, 0.6) is 0 Å². The van der Waals surface area contributed by atoms with Crippen molar-refractivity contribution in [2.75, 3.05) is 7.11 Å². The van der Waals surface area contributed by atoms with Crippen molar-refractivity contribution in [3.05, 3.63) is 12.7 Å². The van der Waals surface area contributed by atoms with E-state index in [1.54, 1.807) is 4.90 Å². The molecule has 0 heterocycles. The standard InChI is InChI=1S/C12H21NO4/c1-7-10(11(14)16-6)17-12(15)13(8(2)3)9(4)5/h7-10H,1H2,2-6H3. The lowest BCUT2D eigenvalue weighted by molar-refractivity contribution is -0.148. The van der Waals surface area contributed by atoms with Crippen molar-refractivity contribution in [2.24, 2.45) is 0 Å². The molecular formula is C12H21NO4. The van der Waals surface area contributed by atoms with E-state index in [0.29, 0.717) is 0 Å². The summed E-state index contributed by atoms with van der Waals surface area (Å²) in [7, 11) is 1.23. The number of carbonyl (C=O) groups is 2. The van der Waals surface area contributed by atoms with Gasteiger partial charge >= 0.3 is 12.1 Å². The van der Waals surface area contributed by atoms with Crippen molar-refractivity contribution in [2.45, 2.75) is 45.9 Å². The van der Waals surface area contributed by atoms with E-state index < -0.39 is 18.2 Å². The molecule has 0 aliphatic carbocycles. The summed E-state index contributed by atoms with van der Waals surface area (Å²) in [5.74, 6) is -0.638. The summed E-state index contributed by atoms with van der Waals surface area (Å²) in [5, 5.41) is 0.